The van der Waals surface area contributed by atoms with Crippen molar-refractivity contribution in [1.29, 1.82) is 0 Å². The highest BCUT2D eigenvalue weighted by molar-refractivity contribution is 8.00. The van der Waals surface area contributed by atoms with E-state index in [1.54, 1.807) is 11.8 Å². The number of thioether (sulfide) groups is 1. The maximum atomic E-state index is 12.1. The third kappa shape index (κ3) is 6.22. The normalized spacial score (nSPS) is 15.0. The number of hydrogen-bond donors (Lipinski definition) is 1. The summed E-state index contributed by atoms with van der Waals surface area (Å²) in [5, 5.41) is 3.03. The van der Waals surface area contributed by atoms with Gasteiger partial charge in [-0.05, 0) is 49.2 Å². The Labute approximate surface area is 154 Å². The van der Waals surface area contributed by atoms with Crippen molar-refractivity contribution in [1.82, 2.24) is 10.2 Å². The Balaban J connectivity index is 1.44. The van der Waals surface area contributed by atoms with E-state index in [1.807, 2.05) is 30.3 Å². The second-order valence-electron chi connectivity index (χ2n) is 6.54. The Hall–Kier alpha value is -1.78. The topological polar surface area (TPSA) is 32.3 Å². The van der Waals surface area contributed by atoms with Crippen molar-refractivity contribution in [2.75, 3.05) is 18.8 Å². The molecule has 1 heterocycles. The molecule has 0 aromatic heterocycles. The van der Waals surface area contributed by atoms with Gasteiger partial charge in [0.2, 0.25) is 5.91 Å². The number of nitrogens with one attached hydrogen (secondary N) is 1. The minimum atomic E-state index is 0.0790. The van der Waals surface area contributed by atoms with Crippen molar-refractivity contribution >= 4 is 17.7 Å². The van der Waals surface area contributed by atoms with Gasteiger partial charge in [-0.3, -0.25) is 9.69 Å². The molecule has 0 saturated carbocycles. The van der Waals surface area contributed by atoms with Gasteiger partial charge in [0.15, 0.2) is 0 Å². The van der Waals surface area contributed by atoms with Crippen LogP contribution in [0.4, 0.5) is 0 Å². The summed E-state index contributed by atoms with van der Waals surface area (Å²) in [4.78, 5) is 15.7. The van der Waals surface area contributed by atoms with Crippen molar-refractivity contribution in [2.45, 2.75) is 37.2 Å². The lowest BCUT2D eigenvalue weighted by Crippen LogP contribution is -2.29. The molecule has 25 heavy (non-hydrogen) atoms. The molecule has 0 unspecified atom stereocenters. The van der Waals surface area contributed by atoms with E-state index in [2.05, 4.69) is 34.5 Å². The van der Waals surface area contributed by atoms with E-state index < -0.39 is 0 Å². The first-order valence-electron chi connectivity index (χ1n) is 9.04. The summed E-state index contributed by atoms with van der Waals surface area (Å²) >= 11 is 1.57. The molecule has 1 amide bonds. The number of carbonyl (C=O) groups is 1. The lowest BCUT2D eigenvalue weighted by Gasteiger charge is -2.26. The van der Waals surface area contributed by atoms with E-state index in [0.717, 1.165) is 11.4 Å². The van der Waals surface area contributed by atoms with E-state index >= 15 is 0 Å². The predicted octanol–water partition coefficient (Wildman–Crippen LogP) is 4.08. The Bertz CT molecular complexity index is 669. The van der Waals surface area contributed by atoms with Gasteiger partial charge in [-0.1, -0.05) is 48.9 Å². The summed E-state index contributed by atoms with van der Waals surface area (Å²) in [7, 11) is 0. The van der Waals surface area contributed by atoms with Crippen LogP contribution < -0.4 is 5.32 Å². The largest absolute Gasteiger partial charge is 0.351 e. The number of nitrogens with zero attached hydrogens (tertiary/aromatic N) is 1. The molecular weight excluding hydrogens is 328 g/mol. The number of piperidine rings is 1. The van der Waals surface area contributed by atoms with Gasteiger partial charge in [-0.25, -0.2) is 0 Å². The van der Waals surface area contributed by atoms with E-state index in [1.165, 1.54) is 43.5 Å². The third-order valence-corrected chi connectivity index (χ3v) is 5.46. The first-order valence-corrected chi connectivity index (χ1v) is 10.0. The zero-order valence-corrected chi connectivity index (χ0v) is 15.4. The molecule has 3 rings (SSSR count). The van der Waals surface area contributed by atoms with Gasteiger partial charge < -0.3 is 5.32 Å². The van der Waals surface area contributed by atoms with Gasteiger partial charge in [0.1, 0.15) is 0 Å². The summed E-state index contributed by atoms with van der Waals surface area (Å²) < 4.78 is 0. The van der Waals surface area contributed by atoms with Crippen molar-refractivity contribution < 1.29 is 4.79 Å². The van der Waals surface area contributed by atoms with Crippen LogP contribution in [0.25, 0.3) is 0 Å². The number of rotatable bonds is 7. The Kier molecular flexibility index (Phi) is 6.95. The molecule has 0 aliphatic carbocycles. The van der Waals surface area contributed by atoms with E-state index in [-0.39, 0.29) is 5.91 Å². The highest BCUT2D eigenvalue weighted by Gasteiger charge is 2.10. The summed E-state index contributed by atoms with van der Waals surface area (Å²) in [5.41, 5.74) is 2.51. The standard InChI is InChI=1S/C21H26N2OS/c24-21(17-25-20-10-3-1-4-11-20)22-15-18-8-7-9-19(14-18)16-23-12-5-2-6-13-23/h1,3-4,7-11,14H,2,5-6,12-13,15-17H2,(H,22,24). The first kappa shape index (κ1) is 18.0. The molecule has 0 atom stereocenters. The number of carbonyl (C=O) groups excluding carboxylic acids is 1. The van der Waals surface area contributed by atoms with E-state index in [4.69, 9.17) is 0 Å². The molecule has 1 N–H and O–H groups in total. The smallest absolute Gasteiger partial charge is 0.230 e. The molecular formula is C21H26N2OS. The fourth-order valence-electron chi connectivity index (χ4n) is 3.13. The Morgan fingerprint density at radius 1 is 0.960 bits per heavy atom. The van der Waals surface area contributed by atoms with Crippen molar-refractivity contribution in [2.24, 2.45) is 0 Å². The second kappa shape index (κ2) is 9.64. The number of likely N-dealkylation sites (tertiary alicyclic amines) is 1. The summed E-state index contributed by atoms with van der Waals surface area (Å²) in [5.74, 6) is 0.535. The lowest BCUT2D eigenvalue weighted by molar-refractivity contribution is -0.118. The molecule has 1 fully saturated rings. The van der Waals surface area contributed by atoms with Crippen molar-refractivity contribution in [3.05, 3.63) is 65.7 Å². The summed E-state index contributed by atoms with van der Waals surface area (Å²) in [6.07, 6.45) is 3.99. The highest BCUT2D eigenvalue weighted by Crippen LogP contribution is 2.17. The second-order valence-corrected chi connectivity index (χ2v) is 7.58. The van der Waals surface area contributed by atoms with Crippen LogP contribution >= 0.6 is 11.8 Å². The SMILES string of the molecule is O=C(CSc1ccccc1)NCc1cccc(CN2CCCCC2)c1. The molecule has 1 aliphatic rings. The minimum absolute atomic E-state index is 0.0790. The van der Waals surface area contributed by atoms with Gasteiger partial charge in [0.25, 0.3) is 0 Å². The molecule has 2 aromatic rings. The average molecular weight is 355 g/mol. The van der Waals surface area contributed by atoms with E-state index in [9.17, 15) is 4.79 Å². The molecule has 1 aliphatic heterocycles. The summed E-state index contributed by atoms with van der Waals surface area (Å²) in [6.45, 7) is 4.03. The number of amides is 1. The predicted molar refractivity (Wildman–Crippen MR) is 105 cm³/mol. The third-order valence-electron chi connectivity index (χ3n) is 4.45. The molecule has 0 spiro atoms. The Morgan fingerprint density at radius 3 is 2.52 bits per heavy atom. The Morgan fingerprint density at radius 2 is 1.72 bits per heavy atom. The fourth-order valence-corrected chi connectivity index (χ4v) is 3.88. The van der Waals surface area contributed by atoms with Crippen LogP contribution in [0.2, 0.25) is 0 Å². The van der Waals surface area contributed by atoms with Crippen LogP contribution in [0, 0.1) is 0 Å². The molecule has 2 aromatic carbocycles. The highest BCUT2D eigenvalue weighted by atomic mass is 32.2. The van der Waals surface area contributed by atoms with Gasteiger partial charge in [-0.15, -0.1) is 11.8 Å². The molecule has 0 bridgehead atoms. The first-order chi connectivity index (χ1) is 12.3. The molecule has 3 nitrogen and oxygen atoms in total. The van der Waals surface area contributed by atoms with Crippen LogP contribution in [-0.2, 0) is 17.9 Å². The van der Waals surface area contributed by atoms with Crippen LogP contribution in [0.3, 0.4) is 0 Å². The van der Waals surface area contributed by atoms with Crippen molar-refractivity contribution in [3.8, 4) is 0 Å². The van der Waals surface area contributed by atoms with E-state index in [0.29, 0.717) is 12.3 Å². The quantitative estimate of drug-likeness (QED) is 0.761. The molecule has 0 radical (unpaired) electrons. The van der Waals surface area contributed by atoms with Crippen LogP contribution in [-0.4, -0.2) is 29.6 Å². The maximum absolute atomic E-state index is 12.1. The molecule has 4 heteroatoms. The number of hydrogen-bond acceptors (Lipinski definition) is 3. The zero-order chi connectivity index (χ0) is 17.3. The van der Waals surface area contributed by atoms with Crippen molar-refractivity contribution in [3.63, 3.8) is 0 Å². The lowest BCUT2D eigenvalue weighted by atomic mass is 10.1. The van der Waals surface area contributed by atoms with Gasteiger partial charge in [0, 0.05) is 18.0 Å². The van der Waals surface area contributed by atoms with Crippen LogP contribution in [0.15, 0.2) is 59.5 Å². The van der Waals surface area contributed by atoms with Gasteiger partial charge >= 0.3 is 0 Å². The average Bonchev–Trinajstić information content (AvgIpc) is 2.67. The van der Waals surface area contributed by atoms with Gasteiger partial charge in [-0.2, -0.15) is 0 Å². The zero-order valence-electron chi connectivity index (χ0n) is 14.6. The number of benzene rings is 2. The van der Waals surface area contributed by atoms with Crippen LogP contribution in [0.1, 0.15) is 30.4 Å². The molecule has 1 saturated heterocycles. The van der Waals surface area contributed by atoms with Gasteiger partial charge in [0.05, 0.1) is 5.75 Å². The summed E-state index contributed by atoms with van der Waals surface area (Å²) in [6, 6.07) is 18.6. The minimum Gasteiger partial charge on any atom is -0.351 e. The molecule has 132 valence electrons. The fraction of sp³-hybridized carbons (Fsp3) is 0.381. The maximum Gasteiger partial charge on any atom is 0.230 e. The van der Waals surface area contributed by atoms with Crippen LogP contribution in [0.5, 0.6) is 0 Å². The monoisotopic (exact) mass is 354 g/mol.